The van der Waals surface area contributed by atoms with Crippen LogP contribution in [0.25, 0.3) is 67.1 Å². The van der Waals surface area contributed by atoms with E-state index in [4.69, 9.17) is 14.7 Å². The summed E-state index contributed by atoms with van der Waals surface area (Å²) in [6, 6.07) is 47.3. The van der Waals surface area contributed by atoms with Gasteiger partial charge in [-0.25, -0.2) is 14.4 Å². The van der Waals surface area contributed by atoms with Crippen molar-refractivity contribution in [3.63, 3.8) is 0 Å². The average Bonchev–Trinajstić information content (AvgIpc) is 3.80. The van der Waals surface area contributed by atoms with E-state index < -0.39 is 5.82 Å². The Morgan fingerprint density at radius 2 is 0.979 bits per heavy atom. The molecule has 4 aromatic heterocycles. The molecule has 0 saturated heterocycles. The van der Waals surface area contributed by atoms with Gasteiger partial charge in [0.1, 0.15) is 0 Å². The van der Waals surface area contributed by atoms with Gasteiger partial charge in [0.05, 0.1) is 44.1 Å². The van der Waals surface area contributed by atoms with Crippen LogP contribution in [0.3, 0.4) is 0 Å². The number of fused-ring (bicyclic) bond motifs is 10. The quantitative estimate of drug-likeness (QED) is 0.168. The van der Waals surface area contributed by atoms with E-state index in [9.17, 15) is 0 Å². The summed E-state index contributed by atoms with van der Waals surface area (Å²) in [6.45, 7) is 0. The Bertz CT molecular complexity index is 2830. The number of aromatic nitrogens is 6. The number of halogens is 1. The minimum atomic E-state index is -0.450. The van der Waals surface area contributed by atoms with E-state index in [1.54, 1.807) is 6.07 Å². The van der Waals surface area contributed by atoms with Gasteiger partial charge < -0.3 is 13.9 Å². The monoisotopic (exact) mass is 791 g/mol. The van der Waals surface area contributed by atoms with Gasteiger partial charge in [-0.15, -0.1) is 30.3 Å². The minimum Gasteiger partial charge on any atom is -0.509 e. The average molecular weight is 792 g/mol. The zero-order chi connectivity index (χ0) is 30.4. The minimum absolute atomic E-state index is 0. The number of hydrogen-bond acceptors (Lipinski definition) is 3. The van der Waals surface area contributed by atoms with Crippen LogP contribution >= 0.6 is 0 Å². The predicted octanol–water partition coefficient (Wildman–Crippen LogP) is 8.71. The molecule has 6 aromatic carbocycles. The van der Waals surface area contributed by atoms with Crippen LogP contribution in [0, 0.1) is 17.9 Å². The number of nitrogens with zero attached hydrogens (tertiary/aromatic N) is 6. The fourth-order valence-electron chi connectivity index (χ4n) is 6.59. The van der Waals surface area contributed by atoms with Crippen LogP contribution in [-0.4, -0.2) is 27.9 Å². The Morgan fingerprint density at radius 3 is 1.57 bits per heavy atom. The van der Waals surface area contributed by atoms with Crippen LogP contribution in [0.1, 0.15) is 0 Å². The van der Waals surface area contributed by atoms with E-state index in [2.05, 4.69) is 43.7 Å². The van der Waals surface area contributed by atoms with Crippen LogP contribution in [0.15, 0.2) is 127 Å². The van der Waals surface area contributed by atoms with E-state index in [0.29, 0.717) is 17.2 Å². The van der Waals surface area contributed by atoms with Crippen molar-refractivity contribution in [3.05, 3.63) is 145 Å². The first-order valence-corrected chi connectivity index (χ1v) is 14.9. The molecule has 0 bridgehead atoms. The molecule has 7 nitrogen and oxygen atoms in total. The molecule has 0 radical (unpaired) electrons. The molecule has 0 saturated carbocycles. The first-order valence-electron chi connectivity index (χ1n) is 14.9. The van der Waals surface area contributed by atoms with Gasteiger partial charge in [-0.2, -0.15) is 6.07 Å². The summed E-state index contributed by atoms with van der Waals surface area (Å²) in [7, 11) is 0. The van der Waals surface area contributed by atoms with Crippen molar-refractivity contribution >= 4 is 55.7 Å². The maximum Gasteiger partial charge on any atom is 2.00 e. The summed E-state index contributed by atoms with van der Waals surface area (Å²) in [5, 5.41) is 0. The second-order valence-electron chi connectivity index (χ2n) is 11.2. The molecule has 0 atom stereocenters. The molecule has 0 amide bonds. The largest absolute Gasteiger partial charge is 2.00 e. The van der Waals surface area contributed by atoms with Crippen molar-refractivity contribution in [1.29, 1.82) is 0 Å². The SMILES string of the molecule is Fc1cc(Oc2[c-]c(-n3c4ccccc4n4c5ccccc5nc34)ccc2)[c-]c(-n2c3ccccc3n3c4ccccc4nc23)c1.[Pt+2]. The number of para-hydroxylation sites is 8. The standard InChI is InChI=1S/C38H21FN6O.Pt/c39-24-20-26(43-34-17-6-8-19-36(34)45-32-15-4-2-13-30(32)41-38(43)45)23-28(21-24)46-27-11-9-10-25(22-27)42-33-16-5-7-18-35(33)44-31-14-3-1-12-29(31)40-37(42)44;/h1-21H;/q-2;+2. The van der Waals surface area contributed by atoms with Gasteiger partial charge in [0.2, 0.25) is 11.6 Å². The van der Waals surface area contributed by atoms with E-state index >= 15 is 4.39 Å². The first kappa shape index (κ1) is 27.6. The smallest absolute Gasteiger partial charge is 0.509 e. The second kappa shape index (κ2) is 10.4. The normalized spacial score (nSPS) is 11.8. The van der Waals surface area contributed by atoms with Crippen molar-refractivity contribution in [1.82, 2.24) is 27.9 Å². The number of ether oxygens (including phenoxy) is 1. The molecule has 10 rings (SSSR count). The molecule has 10 aromatic rings. The summed E-state index contributed by atoms with van der Waals surface area (Å²) < 4.78 is 29.8. The van der Waals surface area contributed by atoms with Crippen molar-refractivity contribution in [2.75, 3.05) is 0 Å². The summed E-state index contributed by atoms with van der Waals surface area (Å²) in [5.41, 5.74) is 8.86. The predicted molar refractivity (Wildman–Crippen MR) is 177 cm³/mol. The van der Waals surface area contributed by atoms with Crippen molar-refractivity contribution in [2.24, 2.45) is 0 Å². The third-order valence-corrected chi connectivity index (χ3v) is 8.46. The van der Waals surface area contributed by atoms with Gasteiger partial charge in [0, 0.05) is 17.3 Å². The molecule has 0 aliphatic carbocycles. The second-order valence-corrected chi connectivity index (χ2v) is 11.2. The fraction of sp³-hybridized carbons (Fsp3) is 0. The van der Waals surface area contributed by atoms with Crippen LogP contribution < -0.4 is 4.74 Å². The zero-order valence-corrected chi connectivity index (χ0v) is 26.7. The molecule has 47 heavy (non-hydrogen) atoms. The Labute approximate surface area is 281 Å². The van der Waals surface area contributed by atoms with E-state index in [1.807, 2.05) is 95.6 Å². The molecule has 0 aliphatic rings. The van der Waals surface area contributed by atoms with E-state index in [0.717, 1.165) is 55.6 Å². The van der Waals surface area contributed by atoms with Gasteiger partial charge in [-0.3, -0.25) is 8.80 Å². The molecule has 4 heterocycles. The van der Waals surface area contributed by atoms with Crippen LogP contribution in [-0.2, 0) is 21.1 Å². The third-order valence-electron chi connectivity index (χ3n) is 8.46. The molecule has 226 valence electrons. The van der Waals surface area contributed by atoms with Gasteiger partial charge >= 0.3 is 21.1 Å². The number of rotatable bonds is 4. The molecular formula is C38H21FN6OPt. The Morgan fingerprint density at radius 1 is 0.489 bits per heavy atom. The van der Waals surface area contributed by atoms with Gasteiger partial charge in [0.15, 0.2) is 0 Å². The molecule has 0 fully saturated rings. The summed E-state index contributed by atoms with van der Waals surface area (Å²) >= 11 is 0. The van der Waals surface area contributed by atoms with Crippen LogP contribution in [0.2, 0.25) is 0 Å². The van der Waals surface area contributed by atoms with Crippen LogP contribution in [0.4, 0.5) is 4.39 Å². The van der Waals surface area contributed by atoms with Gasteiger partial charge in [0.25, 0.3) is 0 Å². The maximum atomic E-state index is 15.3. The molecular weight excluding hydrogens is 771 g/mol. The number of hydrogen-bond donors (Lipinski definition) is 0. The van der Waals surface area contributed by atoms with Gasteiger partial charge in [-0.1, -0.05) is 66.0 Å². The Kier molecular flexibility index (Phi) is 6.11. The van der Waals surface area contributed by atoms with E-state index in [1.165, 1.54) is 12.1 Å². The van der Waals surface area contributed by atoms with Crippen LogP contribution in [0.5, 0.6) is 11.5 Å². The topological polar surface area (TPSA) is 53.7 Å². The van der Waals surface area contributed by atoms with Crippen molar-refractivity contribution < 1.29 is 30.2 Å². The number of benzene rings is 6. The summed E-state index contributed by atoms with van der Waals surface area (Å²) in [5.74, 6) is 1.63. The Hall–Kier alpha value is -5.72. The number of imidazole rings is 4. The first-order chi connectivity index (χ1) is 22.7. The third kappa shape index (κ3) is 4.08. The molecule has 0 spiro atoms. The van der Waals surface area contributed by atoms with Crippen molar-refractivity contribution in [2.45, 2.75) is 0 Å². The van der Waals surface area contributed by atoms with Gasteiger partial charge in [-0.05, 0) is 48.5 Å². The molecule has 0 N–H and O–H groups in total. The fourth-order valence-corrected chi connectivity index (χ4v) is 6.59. The Balaban J connectivity index is 0.00000302. The maximum absolute atomic E-state index is 15.3. The summed E-state index contributed by atoms with van der Waals surface area (Å²) in [6.07, 6.45) is 0. The zero-order valence-electron chi connectivity index (χ0n) is 24.4. The van der Waals surface area contributed by atoms with Crippen molar-refractivity contribution in [3.8, 4) is 22.9 Å². The molecule has 9 heteroatoms. The van der Waals surface area contributed by atoms with E-state index in [-0.39, 0.29) is 26.8 Å². The summed E-state index contributed by atoms with van der Waals surface area (Å²) in [4.78, 5) is 9.86. The molecule has 0 aliphatic heterocycles. The molecule has 0 unspecified atom stereocenters.